The van der Waals surface area contributed by atoms with Crippen molar-refractivity contribution >= 4 is 67.3 Å². The van der Waals surface area contributed by atoms with Gasteiger partial charge in [0.25, 0.3) is 11.1 Å². The Morgan fingerprint density at radius 3 is 2.50 bits per heavy atom. The molecule has 1 aliphatic heterocycles. The van der Waals surface area contributed by atoms with E-state index in [1.807, 2.05) is 42.5 Å². The lowest BCUT2D eigenvalue weighted by Crippen LogP contribution is -2.27. The lowest BCUT2D eigenvalue weighted by Gasteiger charge is -2.14. The Morgan fingerprint density at radius 2 is 1.69 bits per heavy atom. The summed E-state index contributed by atoms with van der Waals surface area (Å²) in [6.07, 6.45) is 1.63. The topological polar surface area (TPSA) is 46.6 Å². The Labute approximate surface area is 224 Å². The fourth-order valence-electron chi connectivity index (χ4n) is 3.95. The smallest absolute Gasteiger partial charge is 0.293 e. The van der Waals surface area contributed by atoms with Crippen LogP contribution in [0.5, 0.6) is 5.75 Å². The predicted molar refractivity (Wildman–Crippen MR) is 145 cm³/mol. The molecule has 1 heterocycles. The van der Waals surface area contributed by atoms with Crippen LogP contribution in [0.4, 0.5) is 9.18 Å². The number of imide groups is 1. The summed E-state index contributed by atoms with van der Waals surface area (Å²) in [6.45, 7) is 0.202. The Bertz CT molecular complexity index is 1510. The molecule has 0 unspecified atom stereocenters. The van der Waals surface area contributed by atoms with Crippen LogP contribution in [0.1, 0.15) is 16.7 Å². The van der Waals surface area contributed by atoms with Crippen LogP contribution < -0.4 is 4.74 Å². The van der Waals surface area contributed by atoms with Gasteiger partial charge < -0.3 is 4.74 Å². The van der Waals surface area contributed by atoms with Crippen molar-refractivity contribution in [3.8, 4) is 5.75 Å². The van der Waals surface area contributed by atoms with E-state index in [9.17, 15) is 14.0 Å². The fourth-order valence-corrected chi connectivity index (χ4v) is 5.78. The lowest BCUT2D eigenvalue weighted by molar-refractivity contribution is -0.123. The molecule has 0 N–H and O–H groups in total. The van der Waals surface area contributed by atoms with Crippen molar-refractivity contribution in [1.29, 1.82) is 0 Å². The molecular formula is C28H18BrClFNO3S. The first-order valence-electron chi connectivity index (χ1n) is 11.0. The standard InChI is InChI=1S/C28H18BrClFNO3S/c29-22-12-17(13-23(30)26(22)35-16-20-7-2-4-11-24(20)31)14-25-27(33)32(28(34)36-25)15-19-9-5-8-18-6-1-3-10-21(18)19/h1-14H,15-16H2/b25-14+. The van der Waals surface area contributed by atoms with E-state index in [0.29, 0.717) is 31.3 Å². The molecule has 0 spiro atoms. The second-order valence-corrected chi connectivity index (χ2v) is 10.4. The number of rotatable bonds is 6. The second kappa shape index (κ2) is 10.5. The zero-order valence-electron chi connectivity index (χ0n) is 18.7. The zero-order valence-corrected chi connectivity index (χ0v) is 21.9. The molecule has 5 rings (SSSR count). The molecule has 1 saturated heterocycles. The van der Waals surface area contributed by atoms with E-state index in [1.54, 1.807) is 36.4 Å². The maximum atomic E-state index is 13.9. The summed E-state index contributed by atoms with van der Waals surface area (Å²) in [4.78, 5) is 27.4. The van der Waals surface area contributed by atoms with Crippen LogP contribution in [0.3, 0.4) is 0 Å². The summed E-state index contributed by atoms with van der Waals surface area (Å²) >= 11 is 10.8. The number of carbonyl (C=O) groups excluding carboxylic acids is 2. The Kier molecular flexibility index (Phi) is 7.14. The molecule has 0 aliphatic carbocycles. The molecule has 180 valence electrons. The van der Waals surface area contributed by atoms with Crippen LogP contribution >= 0.6 is 39.3 Å². The average molecular weight is 583 g/mol. The number of carbonyl (C=O) groups is 2. The van der Waals surface area contributed by atoms with E-state index in [4.69, 9.17) is 16.3 Å². The number of halogens is 3. The highest BCUT2D eigenvalue weighted by molar-refractivity contribution is 9.10. The molecule has 8 heteroatoms. The molecule has 4 aromatic rings. The maximum absolute atomic E-state index is 13.9. The highest BCUT2D eigenvalue weighted by Gasteiger charge is 2.35. The highest BCUT2D eigenvalue weighted by Crippen LogP contribution is 2.38. The molecule has 4 nitrogen and oxygen atoms in total. The molecule has 1 fully saturated rings. The largest absolute Gasteiger partial charge is 0.486 e. The van der Waals surface area contributed by atoms with E-state index in [2.05, 4.69) is 15.9 Å². The molecule has 0 atom stereocenters. The van der Waals surface area contributed by atoms with E-state index in [1.165, 1.54) is 11.0 Å². The first-order chi connectivity index (χ1) is 17.4. The van der Waals surface area contributed by atoms with E-state index < -0.39 is 0 Å². The quantitative estimate of drug-likeness (QED) is 0.215. The van der Waals surface area contributed by atoms with Gasteiger partial charge in [-0.15, -0.1) is 0 Å². The number of nitrogens with zero attached hydrogens (tertiary/aromatic N) is 1. The predicted octanol–water partition coefficient (Wildman–Crippen LogP) is 8.21. The van der Waals surface area contributed by atoms with Gasteiger partial charge in [0.1, 0.15) is 12.4 Å². The SMILES string of the molecule is O=C1S/C(=C/c2cc(Cl)c(OCc3ccccc3F)c(Br)c2)C(=O)N1Cc1cccc2ccccc12. The van der Waals surface area contributed by atoms with Crippen molar-refractivity contribution in [2.45, 2.75) is 13.2 Å². The van der Waals surface area contributed by atoms with Crippen LogP contribution in [0.15, 0.2) is 88.2 Å². The summed E-state index contributed by atoms with van der Waals surface area (Å²) in [5.41, 5.74) is 1.93. The maximum Gasteiger partial charge on any atom is 0.293 e. The monoisotopic (exact) mass is 581 g/mol. The van der Waals surface area contributed by atoms with Crippen LogP contribution in [0.25, 0.3) is 16.8 Å². The number of hydrogen-bond acceptors (Lipinski definition) is 4. The van der Waals surface area contributed by atoms with Gasteiger partial charge in [0.15, 0.2) is 5.75 Å². The van der Waals surface area contributed by atoms with Crippen molar-refractivity contribution in [2.24, 2.45) is 0 Å². The van der Waals surface area contributed by atoms with E-state index >= 15 is 0 Å². The minimum absolute atomic E-state index is 0.0113. The number of benzene rings is 4. The molecular weight excluding hydrogens is 565 g/mol. The Morgan fingerprint density at radius 1 is 0.972 bits per heavy atom. The van der Waals surface area contributed by atoms with Crippen LogP contribution in [0.2, 0.25) is 5.02 Å². The Hall–Kier alpha value is -3.13. The lowest BCUT2D eigenvalue weighted by atomic mass is 10.0. The normalized spacial score (nSPS) is 14.8. The molecule has 0 saturated carbocycles. The van der Waals surface area contributed by atoms with Crippen molar-refractivity contribution in [2.75, 3.05) is 0 Å². The molecule has 4 aromatic carbocycles. The molecule has 0 bridgehead atoms. The van der Waals surface area contributed by atoms with Gasteiger partial charge in [-0.05, 0) is 73.9 Å². The number of amides is 2. The van der Waals surface area contributed by atoms with Gasteiger partial charge in [0, 0.05) is 5.56 Å². The second-order valence-electron chi connectivity index (χ2n) is 8.10. The zero-order chi connectivity index (χ0) is 25.2. The molecule has 1 aliphatic rings. The summed E-state index contributed by atoms with van der Waals surface area (Å²) in [5.74, 6) is -0.355. The first kappa shape index (κ1) is 24.6. The third-order valence-corrected chi connectivity index (χ3v) is 7.51. The summed E-state index contributed by atoms with van der Waals surface area (Å²) in [7, 11) is 0. The first-order valence-corrected chi connectivity index (χ1v) is 13.0. The third kappa shape index (κ3) is 5.05. The van der Waals surface area contributed by atoms with Gasteiger partial charge in [-0.3, -0.25) is 14.5 Å². The molecule has 0 aromatic heterocycles. The van der Waals surface area contributed by atoms with Crippen molar-refractivity contribution in [3.63, 3.8) is 0 Å². The molecule has 2 amide bonds. The summed E-state index contributed by atoms with van der Waals surface area (Å²) in [6, 6.07) is 23.4. The Balaban J connectivity index is 1.35. The van der Waals surface area contributed by atoms with Crippen molar-refractivity contribution in [3.05, 3.63) is 116 Å². The van der Waals surface area contributed by atoms with Gasteiger partial charge in [-0.2, -0.15) is 0 Å². The number of fused-ring (bicyclic) bond motifs is 1. The number of hydrogen-bond donors (Lipinski definition) is 0. The number of ether oxygens (including phenoxy) is 1. The van der Waals surface area contributed by atoms with Crippen molar-refractivity contribution < 1.29 is 18.7 Å². The molecule has 0 radical (unpaired) electrons. The highest BCUT2D eigenvalue weighted by atomic mass is 79.9. The van der Waals surface area contributed by atoms with Crippen molar-refractivity contribution in [1.82, 2.24) is 4.90 Å². The van der Waals surface area contributed by atoms with Crippen LogP contribution in [0, 0.1) is 5.82 Å². The molecule has 36 heavy (non-hydrogen) atoms. The summed E-state index contributed by atoms with van der Waals surface area (Å²) < 4.78 is 20.2. The van der Waals surface area contributed by atoms with Gasteiger partial charge in [-0.1, -0.05) is 72.3 Å². The fraction of sp³-hybridized carbons (Fsp3) is 0.0714. The van der Waals surface area contributed by atoms with E-state index in [0.717, 1.165) is 28.1 Å². The minimum Gasteiger partial charge on any atom is -0.486 e. The van der Waals surface area contributed by atoms with Gasteiger partial charge in [0.05, 0.1) is 20.9 Å². The van der Waals surface area contributed by atoms with Gasteiger partial charge in [0.2, 0.25) is 0 Å². The van der Waals surface area contributed by atoms with E-state index in [-0.39, 0.29) is 30.1 Å². The number of thioether (sulfide) groups is 1. The minimum atomic E-state index is -0.361. The third-order valence-electron chi connectivity index (χ3n) is 5.73. The average Bonchev–Trinajstić information content (AvgIpc) is 3.12. The van der Waals surface area contributed by atoms with Gasteiger partial charge in [-0.25, -0.2) is 4.39 Å². The van der Waals surface area contributed by atoms with Gasteiger partial charge >= 0.3 is 0 Å². The van der Waals surface area contributed by atoms with Crippen LogP contribution in [-0.4, -0.2) is 16.0 Å². The summed E-state index contributed by atoms with van der Waals surface area (Å²) in [5, 5.41) is 2.02. The van der Waals surface area contributed by atoms with Crippen LogP contribution in [-0.2, 0) is 17.9 Å².